The molecule has 3 rings (SSSR count). The molecule has 7 nitrogen and oxygen atoms in total. The first kappa shape index (κ1) is 15.6. The highest BCUT2D eigenvalue weighted by atomic mass is 32.2. The molecule has 0 fully saturated rings. The lowest BCUT2D eigenvalue weighted by molar-refractivity contribution is -0.116. The number of carbonyl (C=O) groups excluding carboxylic acids is 1. The largest absolute Gasteiger partial charge is 0.476 e. The number of carboxylic acids is 1. The molecule has 0 bridgehead atoms. The molecule has 0 radical (unpaired) electrons. The van der Waals surface area contributed by atoms with Gasteiger partial charge in [0, 0.05) is 18.6 Å². The Kier molecular flexibility index (Phi) is 3.69. The molecule has 2 N–H and O–H groups in total. The third-order valence-electron chi connectivity index (χ3n) is 3.60. The molecular weight excluding hydrogens is 340 g/mol. The van der Waals surface area contributed by atoms with Gasteiger partial charge in [0.1, 0.15) is 0 Å². The molecule has 1 aliphatic heterocycles. The molecule has 23 heavy (non-hydrogen) atoms. The van der Waals surface area contributed by atoms with Gasteiger partial charge in [-0.25, -0.2) is 13.2 Å². The van der Waals surface area contributed by atoms with E-state index in [0.717, 1.165) is 23.4 Å². The van der Waals surface area contributed by atoms with Gasteiger partial charge in [0.05, 0.1) is 15.5 Å². The van der Waals surface area contributed by atoms with E-state index in [4.69, 9.17) is 5.11 Å². The summed E-state index contributed by atoms with van der Waals surface area (Å²) in [6, 6.07) is 6.25. The van der Waals surface area contributed by atoms with Crippen LogP contribution in [0.1, 0.15) is 33.3 Å². The fourth-order valence-electron chi connectivity index (χ4n) is 2.49. The molecule has 1 aromatic carbocycles. The van der Waals surface area contributed by atoms with E-state index < -0.39 is 15.8 Å². The highest BCUT2D eigenvalue weighted by molar-refractivity contribution is 7.90. The number of aromatic nitrogens is 1. The summed E-state index contributed by atoms with van der Waals surface area (Å²) in [5.41, 5.74) is 0.806. The van der Waals surface area contributed by atoms with Crippen molar-refractivity contribution >= 4 is 38.9 Å². The van der Waals surface area contributed by atoms with E-state index in [2.05, 4.69) is 9.69 Å². The van der Waals surface area contributed by atoms with Gasteiger partial charge in [-0.15, -0.1) is 0 Å². The quantitative estimate of drug-likeness (QED) is 0.869. The number of anilines is 1. The van der Waals surface area contributed by atoms with Crippen LogP contribution in [0.3, 0.4) is 0 Å². The number of carboxylic acid groups (broad SMARTS) is 1. The number of fused-ring (bicyclic) bond motifs is 1. The normalized spacial score (nSPS) is 17.4. The lowest BCUT2D eigenvalue weighted by atomic mass is 9.90. The highest BCUT2D eigenvalue weighted by Gasteiger charge is 2.33. The molecule has 1 amide bonds. The highest BCUT2D eigenvalue weighted by Crippen LogP contribution is 2.41. The lowest BCUT2D eigenvalue weighted by Crippen LogP contribution is -2.23. The van der Waals surface area contributed by atoms with Gasteiger partial charge < -0.3 is 10.4 Å². The van der Waals surface area contributed by atoms with Gasteiger partial charge in [0.25, 0.3) is 0 Å². The van der Waals surface area contributed by atoms with Crippen LogP contribution in [0.15, 0.2) is 29.2 Å². The summed E-state index contributed by atoms with van der Waals surface area (Å²) in [5, 5.41) is 11.7. The van der Waals surface area contributed by atoms with Crippen LogP contribution in [0, 0.1) is 0 Å². The summed E-state index contributed by atoms with van der Waals surface area (Å²) >= 11 is 1.03. The SMILES string of the molecule is CS(=O)(=O)c1ccc([C@H]2CC(=O)Nc3c(C(=O)O)nsc32)cc1. The first-order valence-corrected chi connectivity index (χ1v) is 9.26. The third kappa shape index (κ3) is 2.84. The van der Waals surface area contributed by atoms with Gasteiger partial charge in [-0.2, -0.15) is 4.37 Å². The summed E-state index contributed by atoms with van der Waals surface area (Å²) in [6.07, 6.45) is 1.28. The van der Waals surface area contributed by atoms with Gasteiger partial charge in [0.15, 0.2) is 15.5 Å². The molecule has 0 aliphatic carbocycles. The molecular formula is C14H12N2O5S2. The Hall–Kier alpha value is -2.26. The minimum absolute atomic E-state index is 0.159. The summed E-state index contributed by atoms with van der Waals surface area (Å²) in [4.78, 5) is 23.9. The van der Waals surface area contributed by atoms with Crippen molar-refractivity contribution in [2.75, 3.05) is 11.6 Å². The molecule has 1 aromatic heterocycles. The van der Waals surface area contributed by atoms with Crippen molar-refractivity contribution in [3.05, 3.63) is 40.4 Å². The zero-order chi connectivity index (χ0) is 16.8. The Morgan fingerprint density at radius 2 is 2.00 bits per heavy atom. The summed E-state index contributed by atoms with van der Waals surface area (Å²) in [6.45, 7) is 0. The first-order chi connectivity index (χ1) is 10.8. The molecule has 0 spiro atoms. The van der Waals surface area contributed by atoms with E-state index >= 15 is 0 Å². The number of hydrogen-bond donors (Lipinski definition) is 2. The standard InChI is InChI=1S/C14H12N2O5S2/c1-23(20,21)8-4-2-7(3-5-8)9-6-10(17)15-11-12(14(18)19)16-22-13(9)11/h2-5,9H,6H2,1H3,(H,15,17)(H,18,19)/t9-/m1/s1. The average molecular weight is 352 g/mol. The molecule has 0 saturated carbocycles. The van der Waals surface area contributed by atoms with Crippen LogP contribution in [0.5, 0.6) is 0 Å². The first-order valence-electron chi connectivity index (χ1n) is 6.60. The van der Waals surface area contributed by atoms with E-state index in [-0.39, 0.29) is 34.5 Å². The Bertz CT molecular complexity index is 900. The van der Waals surface area contributed by atoms with Crippen LogP contribution in [-0.4, -0.2) is 36.0 Å². The average Bonchev–Trinajstić information content (AvgIpc) is 2.89. The fourth-order valence-corrected chi connectivity index (χ4v) is 4.07. The maximum Gasteiger partial charge on any atom is 0.357 e. The second-order valence-corrected chi connectivity index (χ2v) is 8.04. The van der Waals surface area contributed by atoms with Crippen LogP contribution in [-0.2, 0) is 14.6 Å². The van der Waals surface area contributed by atoms with E-state index in [1.807, 2.05) is 0 Å². The number of sulfone groups is 1. The number of amides is 1. The van der Waals surface area contributed by atoms with Gasteiger partial charge >= 0.3 is 5.97 Å². The minimum Gasteiger partial charge on any atom is -0.476 e. The van der Waals surface area contributed by atoms with Crippen LogP contribution in [0.2, 0.25) is 0 Å². The van der Waals surface area contributed by atoms with Gasteiger partial charge in [-0.3, -0.25) is 4.79 Å². The maximum absolute atomic E-state index is 11.9. The molecule has 2 heterocycles. The summed E-state index contributed by atoms with van der Waals surface area (Å²) in [5.74, 6) is -1.83. The monoisotopic (exact) mass is 352 g/mol. The molecule has 0 unspecified atom stereocenters. The van der Waals surface area contributed by atoms with E-state index in [0.29, 0.717) is 4.88 Å². The van der Waals surface area contributed by atoms with Crippen molar-refractivity contribution in [2.45, 2.75) is 17.2 Å². The third-order valence-corrected chi connectivity index (χ3v) is 5.69. The van der Waals surface area contributed by atoms with Crippen LogP contribution >= 0.6 is 11.5 Å². The van der Waals surface area contributed by atoms with Crippen LogP contribution in [0.4, 0.5) is 5.69 Å². The maximum atomic E-state index is 11.9. The number of aromatic carboxylic acids is 1. The van der Waals surface area contributed by atoms with Gasteiger partial charge in [-0.05, 0) is 29.2 Å². The van der Waals surface area contributed by atoms with E-state index in [1.165, 1.54) is 12.1 Å². The van der Waals surface area contributed by atoms with Crippen molar-refractivity contribution in [3.63, 3.8) is 0 Å². The van der Waals surface area contributed by atoms with Crippen molar-refractivity contribution in [3.8, 4) is 0 Å². The number of nitrogens with zero attached hydrogens (tertiary/aromatic N) is 1. The predicted octanol–water partition coefficient (Wildman–Crippen LogP) is 1.72. The van der Waals surface area contributed by atoms with Crippen molar-refractivity contribution in [2.24, 2.45) is 0 Å². The van der Waals surface area contributed by atoms with Crippen molar-refractivity contribution < 1.29 is 23.1 Å². The number of hydrogen-bond acceptors (Lipinski definition) is 6. The smallest absolute Gasteiger partial charge is 0.357 e. The Morgan fingerprint density at radius 1 is 1.35 bits per heavy atom. The lowest BCUT2D eigenvalue weighted by Gasteiger charge is -2.22. The van der Waals surface area contributed by atoms with E-state index in [9.17, 15) is 18.0 Å². The zero-order valence-corrected chi connectivity index (χ0v) is 13.6. The minimum atomic E-state index is -3.30. The van der Waals surface area contributed by atoms with Crippen LogP contribution in [0.25, 0.3) is 0 Å². The fraction of sp³-hybridized carbons (Fsp3) is 0.214. The molecule has 0 saturated heterocycles. The number of rotatable bonds is 3. The van der Waals surface area contributed by atoms with E-state index in [1.54, 1.807) is 12.1 Å². The summed E-state index contributed by atoms with van der Waals surface area (Å²) in [7, 11) is -3.30. The second kappa shape index (κ2) is 5.43. The Labute approximate surface area is 136 Å². The molecule has 2 aromatic rings. The Balaban J connectivity index is 2.05. The molecule has 120 valence electrons. The molecule has 1 atom stereocenters. The number of carbonyl (C=O) groups is 2. The van der Waals surface area contributed by atoms with Gasteiger partial charge in [-0.1, -0.05) is 12.1 Å². The second-order valence-electron chi connectivity index (χ2n) is 5.22. The topological polar surface area (TPSA) is 113 Å². The number of nitrogens with one attached hydrogen (secondary N) is 1. The predicted molar refractivity (Wildman–Crippen MR) is 83.7 cm³/mol. The van der Waals surface area contributed by atoms with Crippen molar-refractivity contribution in [1.29, 1.82) is 0 Å². The molecule has 9 heteroatoms. The van der Waals surface area contributed by atoms with Crippen molar-refractivity contribution in [1.82, 2.24) is 4.37 Å². The van der Waals surface area contributed by atoms with Gasteiger partial charge in [0.2, 0.25) is 5.91 Å². The number of benzene rings is 1. The van der Waals surface area contributed by atoms with Crippen LogP contribution < -0.4 is 5.32 Å². The molecule has 1 aliphatic rings. The summed E-state index contributed by atoms with van der Waals surface area (Å²) < 4.78 is 26.9. The Morgan fingerprint density at radius 3 is 2.57 bits per heavy atom. The zero-order valence-electron chi connectivity index (χ0n) is 11.9.